The van der Waals surface area contributed by atoms with Crippen molar-refractivity contribution in [1.82, 2.24) is 0 Å². The van der Waals surface area contributed by atoms with Crippen LogP contribution in [-0.4, -0.2) is 35.7 Å². The lowest BCUT2D eigenvalue weighted by Crippen LogP contribution is -2.63. The van der Waals surface area contributed by atoms with Crippen LogP contribution in [0.2, 0.25) is 0 Å². The van der Waals surface area contributed by atoms with Crippen LogP contribution in [0.15, 0.2) is 0 Å². The van der Waals surface area contributed by atoms with E-state index in [1.54, 1.807) is 0 Å². The van der Waals surface area contributed by atoms with Crippen LogP contribution in [0.3, 0.4) is 0 Å². The number of aliphatic hydroxyl groups is 1. The van der Waals surface area contributed by atoms with E-state index in [1.165, 1.54) is 0 Å². The van der Waals surface area contributed by atoms with Crippen LogP contribution in [0.25, 0.3) is 0 Å². The first-order valence-corrected chi connectivity index (χ1v) is 4.04. The van der Waals surface area contributed by atoms with Crippen LogP contribution >= 0.6 is 0 Å². The van der Waals surface area contributed by atoms with Gasteiger partial charge in [-0.1, -0.05) is 6.92 Å². The van der Waals surface area contributed by atoms with Gasteiger partial charge in [-0.2, -0.15) is 39.5 Å². The molecule has 1 atom stereocenters. The third-order valence-corrected chi connectivity index (χ3v) is 2.06. The van der Waals surface area contributed by atoms with Gasteiger partial charge in [-0.05, 0) is 0 Å². The summed E-state index contributed by atoms with van der Waals surface area (Å²) in [7, 11) is 0. The maximum Gasteiger partial charge on any atom is 0.460 e. The third kappa shape index (κ3) is 2.31. The molecule has 1 unspecified atom stereocenters. The van der Waals surface area contributed by atoms with Gasteiger partial charge in [0.2, 0.25) is 0 Å². The minimum atomic E-state index is -6.90. The lowest BCUT2D eigenvalue weighted by Gasteiger charge is -2.35. The second kappa shape index (κ2) is 4.21. The molecule has 0 aliphatic heterocycles. The minimum Gasteiger partial charge on any atom is -0.396 e. The van der Waals surface area contributed by atoms with Crippen molar-refractivity contribution in [2.75, 3.05) is 6.61 Å². The van der Waals surface area contributed by atoms with Gasteiger partial charge >= 0.3 is 23.9 Å². The SMILES string of the molecule is CC(CO)C(F)(F)C(F)(F)C(F)(F)C(F)(F)F. The first-order chi connectivity index (χ1) is 7.23. The second-order valence-electron chi connectivity index (χ2n) is 3.35. The highest BCUT2D eigenvalue weighted by atomic mass is 19.4. The molecular formula is C7H7F9O. The Morgan fingerprint density at radius 1 is 0.824 bits per heavy atom. The zero-order chi connectivity index (χ0) is 14.3. The fraction of sp³-hybridized carbons (Fsp3) is 1.00. The molecule has 17 heavy (non-hydrogen) atoms. The fourth-order valence-corrected chi connectivity index (χ4v) is 0.811. The number of alkyl halides is 9. The zero-order valence-corrected chi connectivity index (χ0v) is 8.13. The number of rotatable bonds is 4. The monoisotopic (exact) mass is 278 g/mol. The van der Waals surface area contributed by atoms with Crippen LogP contribution < -0.4 is 0 Å². The molecule has 0 saturated carbocycles. The summed E-state index contributed by atoms with van der Waals surface area (Å²) < 4.78 is 110. The highest BCUT2D eigenvalue weighted by Gasteiger charge is 2.82. The van der Waals surface area contributed by atoms with E-state index in [0.29, 0.717) is 0 Å². The summed E-state index contributed by atoms with van der Waals surface area (Å²) in [5, 5.41) is 8.16. The average Bonchev–Trinajstić information content (AvgIpc) is 2.13. The average molecular weight is 278 g/mol. The first-order valence-electron chi connectivity index (χ1n) is 4.04. The highest BCUT2D eigenvalue weighted by molar-refractivity contribution is 5.02. The molecular weight excluding hydrogens is 271 g/mol. The normalized spacial score (nSPS) is 17.1. The van der Waals surface area contributed by atoms with E-state index in [4.69, 9.17) is 5.11 Å². The quantitative estimate of drug-likeness (QED) is 0.783. The molecule has 0 fully saturated rings. The number of hydrogen-bond acceptors (Lipinski definition) is 1. The largest absolute Gasteiger partial charge is 0.460 e. The van der Waals surface area contributed by atoms with Gasteiger partial charge in [-0.25, -0.2) is 0 Å². The Kier molecular flexibility index (Phi) is 4.05. The molecule has 0 aromatic rings. The summed E-state index contributed by atoms with van der Waals surface area (Å²) in [5.74, 6) is -22.0. The molecule has 0 aromatic heterocycles. The molecule has 0 amide bonds. The standard InChI is InChI=1S/C7H7F9O/c1-3(2-17)4(8,9)5(10,11)6(12,13)7(14,15)16/h3,17H,2H2,1H3. The van der Waals surface area contributed by atoms with Crippen LogP contribution in [-0.2, 0) is 0 Å². The van der Waals surface area contributed by atoms with Gasteiger partial charge in [-0.15, -0.1) is 0 Å². The van der Waals surface area contributed by atoms with Crippen LogP contribution in [0.1, 0.15) is 6.92 Å². The highest BCUT2D eigenvalue weighted by Crippen LogP contribution is 2.54. The van der Waals surface area contributed by atoms with Gasteiger partial charge in [0.05, 0.1) is 6.61 Å². The topological polar surface area (TPSA) is 20.2 Å². The van der Waals surface area contributed by atoms with Gasteiger partial charge in [0.15, 0.2) is 0 Å². The van der Waals surface area contributed by atoms with E-state index < -0.39 is 36.5 Å². The molecule has 0 aromatic carbocycles. The summed E-state index contributed by atoms with van der Waals surface area (Å²) >= 11 is 0. The molecule has 0 radical (unpaired) electrons. The van der Waals surface area contributed by atoms with Crippen LogP contribution in [0.5, 0.6) is 0 Å². The van der Waals surface area contributed by atoms with Crippen molar-refractivity contribution in [1.29, 1.82) is 0 Å². The van der Waals surface area contributed by atoms with E-state index in [2.05, 4.69) is 0 Å². The molecule has 1 N–H and O–H groups in total. The summed E-state index contributed by atoms with van der Waals surface area (Å²) in [6.07, 6.45) is -6.82. The van der Waals surface area contributed by atoms with E-state index in [0.717, 1.165) is 0 Å². The molecule has 0 aliphatic carbocycles. The summed E-state index contributed by atoms with van der Waals surface area (Å²) in [4.78, 5) is 0. The Morgan fingerprint density at radius 3 is 1.41 bits per heavy atom. The lowest BCUT2D eigenvalue weighted by molar-refractivity contribution is -0.403. The summed E-state index contributed by atoms with van der Waals surface area (Å²) in [6.45, 7) is -1.45. The molecule has 0 heterocycles. The maximum atomic E-state index is 12.7. The van der Waals surface area contributed by atoms with E-state index >= 15 is 0 Å². The van der Waals surface area contributed by atoms with Gasteiger partial charge in [0.25, 0.3) is 0 Å². The van der Waals surface area contributed by atoms with E-state index in [1.807, 2.05) is 0 Å². The molecule has 1 nitrogen and oxygen atoms in total. The summed E-state index contributed by atoms with van der Waals surface area (Å²) in [5.41, 5.74) is 0. The Balaban J connectivity index is 5.55. The van der Waals surface area contributed by atoms with E-state index in [9.17, 15) is 39.5 Å². The molecule has 0 aliphatic rings. The van der Waals surface area contributed by atoms with Gasteiger partial charge in [-0.3, -0.25) is 0 Å². The third-order valence-electron chi connectivity index (χ3n) is 2.06. The second-order valence-corrected chi connectivity index (χ2v) is 3.35. The van der Waals surface area contributed by atoms with Crippen molar-refractivity contribution in [2.24, 2.45) is 5.92 Å². The Morgan fingerprint density at radius 2 is 1.18 bits per heavy atom. The molecule has 10 heteroatoms. The Bertz CT molecular complexity index is 269. The molecule has 0 spiro atoms. The Hall–Kier alpha value is -0.670. The number of hydrogen-bond donors (Lipinski definition) is 1. The van der Waals surface area contributed by atoms with Crippen LogP contribution in [0, 0.1) is 5.92 Å². The zero-order valence-electron chi connectivity index (χ0n) is 8.13. The Labute approximate surface area is 89.2 Å². The number of aliphatic hydroxyl groups excluding tert-OH is 1. The van der Waals surface area contributed by atoms with Crippen molar-refractivity contribution in [2.45, 2.75) is 30.9 Å². The molecule has 0 saturated heterocycles. The lowest BCUT2D eigenvalue weighted by atomic mass is 9.93. The molecule has 0 bridgehead atoms. The van der Waals surface area contributed by atoms with Crippen molar-refractivity contribution in [3.05, 3.63) is 0 Å². The predicted molar refractivity (Wildman–Crippen MR) is 37.1 cm³/mol. The first kappa shape index (κ1) is 16.3. The molecule has 104 valence electrons. The minimum absolute atomic E-state index is 0.223. The van der Waals surface area contributed by atoms with Crippen molar-refractivity contribution >= 4 is 0 Å². The van der Waals surface area contributed by atoms with Gasteiger partial charge in [0.1, 0.15) is 0 Å². The van der Waals surface area contributed by atoms with E-state index in [-0.39, 0.29) is 6.92 Å². The fourth-order valence-electron chi connectivity index (χ4n) is 0.811. The van der Waals surface area contributed by atoms with Crippen molar-refractivity contribution in [3.63, 3.8) is 0 Å². The summed E-state index contributed by atoms with van der Waals surface area (Å²) in [6, 6.07) is 0. The smallest absolute Gasteiger partial charge is 0.396 e. The number of halogens is 9. The van der Waals surface area contributed by atoms with Gasteiger partial charge < -0.3 is 5.11 Å². The van der Waals surface area contributed by atoms with Crippen LogP contribution in [0.4, 0.5) is 39.5 Å². The van der Waals surface area contributed by atoms with Crippen molar-refractivity contribution in [3.8, 4) is 0 Å². The maximum absolute atomic E-state index is 12.7. The predicted octanol–water partition coefficient (Wildman–Crippen LogP) is 3.08. The van der Waals surface area contributed by atoms with Gasteiger partial charge in [0, 0.05) is 5.92 Å². The molecule has 0 rings (SSSR count). The van der Waals surface area contributed by atoms with Crippen molar-refractivity contribution < 1.29 is 44.6 Å².